The Kier molecular flexibility index (Phi) is 5.10. The molecule has 4 nitrogen and oxygen atoms in total. The molecule has 0 radical (unpaired) electrons. The first-order chi connectivity index (χ1) is 8.31. The highest BCUT2D eigenvalue weighted by Gasteiger charge is 2.14. The summed E-state index contributed by atoms with van der Waals surface area (Å²) < 4.78 is 24.1. The van der Waals surface area contributed by atoms with Gasteiger partial charge in [-0.05, 0) is 24.1 Å². The van der Waals surface area contributed by atoms with Gasteiger partial charge in [0, 0.05) is 10.9 Å². The lowest BCUT2D eigenvalue weighted by atomic mass is 10.1. The highest BCUT2D eigenvalue weighted by Crippen LogP contribution is 2.17. The highest BCUT2D eigenvalue weighted by atomic mass is 79.9. The lowest BCUT2D eigenvalue weighted by Crippen LogP contribution is -2.06. The maximum absolute atomic E-state index is 11.8. The molecule has 0 unspecified atom stereocenters. The number of rotatable bonds is 6. The predicted molar refractivity (Wildman–Crippen MR) is 72.5 cm³/mol. The van der Waals surface area contributed by atoms with Gasteiger partial charge >= 0.3 is 5.97 Å². The topological polar surface area (TPSA) is 71.4 Å². The number of sulfone groups is 1. The molecule has 0 saturated heterocycles. The van der Waals surface area contributed by atoms with Crippen LogP contribution >= 0.6 is 15.9 Å². The molecule has 1 aromatic rings. The molecule has 0 aliphatic heterocycles. The Balaban J connectivity index is 2.82. The summed E-state index contributed by atoms with van der Waals surface area (Å²) in [5, 5.41) is 8.55. The van der Waals surface area contributed by atoms with Crippen molar-refractivity contribution in [1.29, 1.82) is 0 Å². The van der Waals surface area contributed by atoms with Crippen molar-refractivity contribution < 1.29 is 18.3 Å². The number of carbonyl (C=O) groups is 1. The Labute approximate surface area is 114 Å². The fraction of sp³-hybridized carbons (Fsp3) is 0.250. The zero-order chi connectivity index (χ0) is 13.8. The second kappa shape index (κ2) is 6.15. The standard InChI is InChI=1S/C12H13BrO4S/c1-9(13)8-18(16,17)11-5-2-10(3-6-11)4-7-12(14)15/h2-3,5-6H,1,4,7-8H2,(H,14,15). The zero-order valence-corrected chi connectivity index (χ0v) is 12.0. The van der Waals surface area contributed by atoms with Crippen molar-refractivity contribution in [3.63, 3.8) is 0 Å². The average Bonchev–Trinajstić information content (AvgIpc) is 2.25. The monoisotopic (exact) mass is 332 g/mol. The van der Waals surface area contributed by atoms with E-state index in [9.17, 15) is 13.2 Å². The summed E-state index contributed by atoms with van der Waals surface area (Å²) in [4.78, 5) is 10.6. The number of halogens is 1. The molecule has 1 rings (SSSR count). The van der Waals surface area contributed by atoms with E-state index in [0.29, 0.717) is 10.9 Å². The molecule has 0 amide bonds. The molecule has 0 heterocycles. The number of aliphatic carboxylic acids is 1. The fourth-order valence-corrected chi connectivity index (χ4v) is 3.44. The molecule has 0 fully saturated rings. The Hall–Kier alpha value is -1.14. The van der Waals surface area contributed by atoms with Crippen LogP contribution in [-0.2, 0) is 21.1 Å². The van der Waals surface area contributed by atoms with Gasteiger partial charge in [-0.25, -0.2) is 8.42 Å². The smallest absolute Gasteiger partial charge is 0.303 e. The van der Waals surface area contributed by atoms with Crippen molar-refractivity contribution in [1.82, 2.24) is 0 Å². The lowest BCUT2D eigenvalue weighted by molar-refractivity contribution is -0.136. The molecule has 0 atom stereocenters. The van der Waals surface area contributed by atoms with Gasteiger partial charge in [0.15, 0.2) is 9.84 Å². The molecule has 98 valence electrons. The Morgan fingerprint density at radius 1 is 1.28 bits per heavy atom. The van der Waals surface area contributed by atoms with E-state index in [1.165, 1.54) is 12.1 Å². The Morgan fingerprint density at radius 3 is 2.28 bits per heavy atom. The van der Waals surface area contributed by atoms with E-state index in [-0.39, 0.29) is 17.1 Å². The van der Waals surface area contributed by atoms with E-state index in [0.717, 1.165) is 5.56 Å². The molecule has 1 aromatic carbocycles. The second-order valence-electron chi connectivity index (χ2n) is 3.81. The van der Waals surface area contributed by atoms with Crippen LogP contribution in [0.5, 0.6) is 0 Å². The van der Waals surface area contributed by atoms with E-state index in [1.54, 1.807) is 12.1 Å². The van der Waals surface area contributed by atoms with Gasteiger partial charge in [-0.1, -0.05) is 34.6 Å². The first kappa shape index (κ1) is 14.9. The van der Waals surface area contributed by atoms with Crippen LogP contribution in [0.25, 0.3) is 0 Å². The van der Waals surface area contributed by atoms with Crippen molar-refractivity contribution in [2.24, 2.45) is 0 Å². The van der Waals surface area contributed by atoms with Crippen LogP contribution in [0.4, 0.5) is 0 Å². The van der Waals surface area contributed by atoms with Crippen molar-refractivity contribution >= 4 is 31.7 Å². The summed E-state index contributed by atoms with van der Waals surface area (Å²) in [7, 11) is -3.37. The summed E-state index contributed by atoms with van der Waals surface area (Å²) in [6.07, 6.45) is 0.422. The molecular weight excluding hydrogens is 320 g/mol. The normalized spacial score (nSPS) is 11.2. The quantitative estimate of drug-likeness (QED) is 0.868. The minimum absolute atomic E-state index is 0.0320. The summed E-state index contributed by atoms with van der Waals surface area (Å²) in [5.74, 6) is -1.02. The Morgan fingerprint density at radius 2 is 1.83 bits per heavy atom. The highest BCUT2D eigenvalue weighted by molar-refractivity contribution is 9.11. The Bertz CT molecular complexity index is 546. The summed E-state index contributed by atoms with van der Waals surface area (Å²) in [6, 6.07) is 6.24. The second-order valence-corrected chi connectivity index (χ2v) is 6.93. The zero-order valence-electron chi connectivity index (χ0n) is 9.60. The van der Waals surface area contributed by atoms with E-state index >= 15 is 0 Å². The van der Waals surface area contributed by atoms with Crippen LogP contribution in [0, 0.1) is 0 Å². The van der Waals surface area contributed by atoms with E-state index < -0.39 is 15.8 Å². The van der Waals surface area contributed by atoms with Crippen molar-refractivity contribution in [3.8, 4) is 0 Å². The number of hydrogen-bond donors (Lipinski definition) is 1. The van der Waals surface area contributed by atoms with Crippen LogP contribution in [0.2, 0.25) is 0 Å². The molecule has 6 heteroatoms. The van der Waals surface area contributed by atoms with Crippen molar-refractivity contribution in [2.75, 3.05) is 5.75 Å². The van der Waals surface area contributed by atoms with Gasteiger partial charge in [0.2, 0.25) is 0 Å². The number of carboxylic acids is 1. The minimum atomic E-state index is -3.37. The van der Waals surface area contributed by atoms with E-state index in [1.807, 2.05) is 0 Å². The lowest BCUT2D eigenvalue weighted by Gasteiger charge is -2.04. The molecule has 18 heavy (non-hydrogen) atoms. The molecule has 0 saturated carbocycles. The van der Waals surface area contributed by atoms with Crippen LogP contribution in [0.15, 0.2) is 40.2 Å². The first-order valence-electron chi connectivity index (χ1n) is 5.18. The van der Waals surface area contributed by atoms with E-state index in [4.69, 9.17) is 5.11 Å². The van der Waals surface area contributed by atoms with Crippen LogP contribution in [-0.4, -0.2) is 25.2 Å². The van der Waals surface area contributed by atoms with Crippen LogP contribution in [0.1, 0.15) is 12.0 Å². The van der Waals surface area contributed by atoms with E-state index in [2.05, 4.69) is 22.5 Å². The van der Waals surface area contributed by atoms with Crippen molar-refractivity contribution in [3.05, 3.63) is 40.9 Å². The van der Waals surface area contributed by atoms with Gasteiger partial charge in [-0.3, -0.25) is 4.79 Å². The minimum Gasteiger partial charge on any atom is -0.481 e. The maximum Gasteiger partial charge on any atom is 0.303 e. The molecule has 0 aliphatic rings. The SMILES string of the molecule is C=C(Br)CS(=O)(=O)c1ccc(CCC(=O)O)cc1. The maximum atomic E-state index is 11.8. The molecule has 0 aliphatic carbocycles. The summed E-state index contributed by atoms with van der Waals surface area (Å²) >= 11 is 3.02. The third-order valence-corrected chi connectivity index (χ3v) is 4.63. The van der Waals surface area contributed by atoms with Gasteiger partial charge in [0.25, 0.3) is 0 Å². The number of benzene rings is 1. The third-order valence-electron chi connectivity index (χ3n) is 2.26. The first-order valence-corrected chi connectivity index (χ1v) is 7.62. The predicted octanol–water partition coefficient (Wildman–Crippen LogP) is 2.39. The van der Waals surface area contributed by atoms with Gasteiger partial charge in [0.1, 0.15) is 0 Å². The molecule has 0 spiro atoms. The van der Waals surface area contributed by atoms with Crippen LogP contribution < -0.4 is 0 Å². The van der Waals surface area contributed by atoms with Gasteiger partial charge in [-0.15, -0.1) is 0 Å². The fourth-order valence-electron chi connectivity index (χ4n) is 1.40. The average molecular weight is 333 g/mol. The summed E-state index contributed by atoms with van der Waals surface area (Å²) in [6.45, 7) is 3.50. The van der Waals surface area contributed by atoms with Crippen molar-refractivity contribution in [2.45, 2.75) is 17.7 Å². The third kappa shape index (κ3) is 4.62. The number of hydrogen-bond acceptors (Lipinski definition) is 3. The van der Waals surface area contributed by atoms with Gasteiger partial charge in [0.05, 0.1) is 10.6 Å². The number of carboxylic acid groups (broad SMARTS) is 1. The van der Waals surface area contributed by atoms with Gasteiger partial charge in [-0.2, -0.15) is 0 Å². The largest absolute Gasteiger partial charge is 0.481 e. The molecule has 0 bridgehead atoms. The molecular formula is C12H13BrO4S. The summed E-state index contributed by atoms with van der Waals surface area (Å²) in [5.41, 5.74) is 0.800. The molecule has 0 aromatic heterocycles. The molecule has 1 N–H and O–H groups in total. The van der Waals surface area contributed by atoms with Crippen LogP contribution in [0.3, 0.4) is 0 Å². The van der Waals surface area contributed by atoms with Gasteiger partial charge < -0.3 is 5.11 Å². The number of aryl methyl sites for hydroxylation is 1.